The third-order valence-corrected chi connectivity index (χ3v) is 9.00. The van der Waals surface area contributed by atoms with Gasteiger partial charge in [-0.1, -0.05) is 155 Å². The summed E-state index contributed by atoms with van der Waals surface area (Å²) >= 11 is 12.4. The standard InChI is InChI=1S/C35H45Cl2NO3S/c1-3-4-5-6-7-8-9-10-11-12-13-17-22-30(27-36)38(42(2,39)40)33-25-18-24-32-31(33)23-19-26-34(32)41-35(28-37)29-20-15-14-16-21-29/h14-16,18-21,23-28H,3-13,17,22H2,1-2H3/b30-27+,35-28+. The number of halogens is 2. The molecular weight excluding hydrogens is 585 g/mol. The summed E-state index contributed by atoms with van der Waals surface area (Å²) in [6.07, 6.45) is 16.7. The zero-order valence-electron chi connectivity index (χ0n) is 25.0. The molecule has 0 spiro atoms. The first kappa shape index (κ1) is 34.0. The molecule has 0 aliphatic carbocycles. The van der Waals surface area contributed by atoms with Gasteiger partial charge in [-0.25, -0.2) is 12.7 Å². The van der Waals surface area contributed by atoms with Gasteiger partial charge in [0.15, 0.2) is 0 Å². The fourth-order valence-corrected chi connectivity index (χ4v) is 6.81. The molecule has 7 heteroatoms. The molecule has 0 radical (unpaired) electrons. The summed E-state index contributed by atoms with van der Waals surface area (Å²) in [4.78, 5) is 0. The summed E-state index contributed by atoms with van der Waals surface area (Å²) < 4.78 is 33.9. The molecule has 3 aromatic rings. The maximum atomic E-state index is 13.2. The van der Waals surface area contributed by atoms with Gasteiger partial charge in [-0.05, 0) is 25.0 Å². The van der Waals surface area contributed by atoms with E-state index in [0.717, 1.165) is 35.6 Å². The number of nitrogens with zero attached hydrogens (tertiary/aromatic N) is 1. The van der Waals surface area contributed by atoms with Crippen molar-refractivity contribution in [1.82, 2.24) is 0 Å². The van der Waals surface area contributed by atoms with E-state index in [1.54, 1.807) is 0 Å². The Labute approximate surface area is 263 Å². The fraction of sp³-hybridized carbons (Fsp3) is 0.429. The highest BCUT2D eigenvalue weighted by molar-refractivity contribution is 7.92. The maximum absolute atomic E-state index is 13.2. The second kappa shape index (κ2) is 18.3. The first-order chi connectivity index (χ1) is 20.4. The maximum Gasteiger partial charge on any atom is 0.236 e. The molecule has 0 aliphatic rings. The van der Waals surface area contributed by atoms with Crippen LogP contribution in [-0.2, 0) is 10.0 Å². The van der Waals surface area contributed by atoms with Gasteiger partial charge in [0.05, 0.1) is 11.9 Å². The van der Waals surface area contributed by atoms with Crippen LogP contribution < -0.4 is 9.04 Å². The molecule has 0 saturated heterocycles. The number of rotatable bonds is 19. The lowest BCUT2D eigenvalue weighted by molar-refractivity contribution is 0.522. The molecule has 0 atom stereocenters. The topological polar surface area (TPSA) is 46.6 Å². The lowest BCUT2D eigenvalue weighted by atomic mass is 10.0. The number of ether oxygens (including phenoxy) is 1. The number of unbranched alkanes of at least 4 members (excludes halogenated alkanes) is 11. The van der Waals surface area contributed by atoms with Crippen molar-refractivity contribution >= 4 is 55.4 Å². The minimum atomic E-state index is -3.66. The zero-order chi connectivity index (χ0) is 30.2. The molecule has 228 valence electrons. The van der Waals surface area contributed by atoms with Gasteiger partial charge in [0.2, 0.25) is 10.0 Å². The smallest absolute Gasteiger partial charge is 0.236 e. The Morgan fingerprint density at radius 3 is 1.86 bits per heavy atom. The number of anilines is 1. The third-order valence-electron chi connectivity index (χ3n) is 7.46. The lowest BCUT2D eigenvalue weighted by Gasteiger charge is -2.26. The second-order valence-electron chi connectivity index (χ2n) is 10.8. The quantitative estimate of drug-likeness (QED) is 0.0978. The van der Waals surface area contributed by atoms with E-state index < -0.39 is 10.0 Å². The Morgan fingerprint density at radius 2 is 1.29 bits per heavy atom. The van der Waals surface area contributed by atoms with Gasteiger partial charge in [0.1, 0.15) is 11.5 Å². The van der Waals surface area contributed by atoms with Crippen molar-refractivity contribution in [3.8, 4) is 5.75 Å². The van der Waals surface area contributed by atoms with Crippen LogP contribution in [0.25, 0.3) is 16.5 Å². The van der Waals surface area contributed by atoms with Crippen LogP contribution >= 0.6 is 23.2 Å². The van der Waals surface area contributed by atoms with Crippen LogP contribution in [0.1, 0.15) is 96.0 Å². The normalized spacial score (nSPS) is 12.6. The van der Waals surface area contributed by atoms with Gasteiger partial charge in [-0.3, -0.25) is 0 Å². The second-order valence-corrected chi connectivity index (χ2v) is 13.1. The number of hydrogen-bond acceptors (Lipinski definition) is 3. The first-order valence-electron chi connectivity index (χ1n) is 15.3. The molecule has 0 bridgehead atoms. The van der Waals surface area contributed by atoms with Gasteiger partial charge >= 0.3 is 0 Å². The van der Waals surface area contributed by atoms with Crippen molar-refractivity contribution in [3.63, 3.8) is 0 Å². The molecule has 4 nitrogen and oxygen atoms in total. The summed E-state index contributed by atoms with van der Waals surface area (Å²) in [5, 5.41) is 1.52. The molecule has 0 aromatic heterocycles. The van der Waals surface area contributed by atoms with Crippen LogP contribution in [0.2, 0.25) is 0 Å². The number of hydrogen-bond donors (Lipinski definition) is 0. The number of fused-ring (bicyclic) bond motifs is 1. The largest absolute Gasteiger partial charge is 0.455 e. The molecule has 0 amide bonds. The summed E-state index contributed by atoms with van der Waals surface area (Å²) in [6.45, 7) is 2.25. The predicted molar refractivity (Wildman–Crippen MR) is 182 cm³/mol. The molecule has 0 N–H and O–H groups in total. The molecule has 0 saturated carbocycles. The Hall–Kier alpha value is -2.47. The summed E-state index contributed by atoms with van der Waals surface area (Å²) in [7, 11) is -3.66. The van der Waals surface area contributed by atoms with Crippen molar-refractivity contribution < 1.29 is 13.2 Å². The molecule has 0 unspecified atom stereocenters. The summed E-state index contributed by atoms with van der Waals surface area (Å²) in [6, 6.07) is 20.8. The predicted octanol–water partition coefficient (Wildman–Crippen LogP) is 11.4. The van der Waals surface area contributed by atoms with Crippen LogP contribution in [-0.4, -0.2) is 14.7 Å². The van der Waals surface area contributed by atoms with E-state index in [4.69, 9.17) is 27.9 Å². The molecule has 3 aromatic carbocycles. The molecule has 42 heavy (non-hydrogen) atoms. The monoisotopic (exact) mass is 629 g/mol. The highest BCUT2D eigenvalue weighted by atomic mass is 35.5. The van der Waals surface area contributed by atoms with Crippen molar-refractivity contribution in [2.24, 2.45) is 0 Å². The average molecular weight is 631 g/mol. The molecule has 0 heterocycles. The average Bonchev–Trinajstić information content (AvgIpc) is 2.99. The molecular formula is C35H45Cl2NO3S. The van der Waals surface area contributed by atoms with Crippen LogP contribution in [0, 0.1) is 0 Å². The van der Waals surface area contributed by atoms with Gasteiger partial charge in [0, 0.05) is 33.1 Å². The van der Waals surface area contributed by atoms with E-state index >= 15 is 0 Å². The van der Waals surface area contributed by atoms with E-state index in [9.17, 15) is 8.42 Å². The van der Waals surface area contributed by atoms with Gasteiger partial charge < -0.3 is 4.74 Å². The van der Waals surface area contributed by atoms with E-state index in [0.29, 0.717) is 29.3 Å². The Balaban J connectivity index is 1.68. The minimum absolute atomic E-state index is 0.503. The molecule has 3 rings (SSSR count). The SMILES string of the molecule is CCCCCCCCCCCCCC/C(=C\Cl)N(c1cccc2c(O/C(=C/Cl)c3ccccc3)cccc12)S(C)(=O)=O. The van der Waals surface area contributed by atoms with Crippen LogP contribution in [0.5, 0.6) is 5.75 Å². The highest BCUT2D eigenvalue weighted by Gasteiger charge is 2.24. The molecule has 0 aliphatic heterocycles. The highest BCUT2D eigenvalue weighted by Crippen LogP contribution is 2.38. The van der Waals surface area contributed by atoms with Crippen LogP contribution in [0.15, 0.2) is 83.5 Å². The van der Waals surface area contributed by atoms with Crippen molar-refractivity contribution in [1.29, 1.82) is 0 Å². The van der Waals surface area contributed by atoms with Crippen molar-refractivity contribution in [3.05, 3.63) is 89.1 Å². The molecule has 0 fully saturated rings. The minimum Gasteiger partial charge on any atom is -0.455 e. The van der Waals surface area contributed by atoms with Gasteiger partial charge in [-0.2, -0.15) is 0 Å². The van der Waals surface area contributed by atoms with Crippen molar-refractivity contribution in [2.45, 2.75) is 90.4 Å². The summed E-state index contributed by atoms with van der Waals surface area (Å²) in [5.74, 6) is 1.08. The Bertz CT molecular complexity index is 1400. The number of allylic oxidation sites excluding steroid dienone is 1. The van der Waals surface area contributed by atoms with Gasteiger partial charge in [0.25, 0.3) is 0 Å². The van der Waals surface area contributed by atoms with E-state index in [-0.39, 0.29) is 0 Å². The van der Waals surface area contributed by atoms with Crippen LogP contribution in [0.4, 0.5) is 5.69 Å². The zero-order valence-corrected chi connectivity index (χ0v) is 27.4. The van der Waals surface area contributed by atoms with E-state index in [1.165, 1.54) is 79.4 Å². The third kappa shape index (κ3) is 10.4. The summed E-state index contributed by atoms with van der Waals surface area (Å²) in [5.41, 5.74) is 4.76. The van der Waals surface area contributed by atoms with Gasteiger partial charge in [-0.15, -0.1) is 0 Å². The fourth-order valence-electron chi connectivity index (χ4n) is 5.29. The van der Waals surface area contributed by atoms with Crippen molar-refractivity contribution in [2.75, 3.05) is 10.6 Å². The number of sulfonamides is 1. The Kier molecular flexibility index (Phi) is 14.8. The lowest BCUT2D eigenvalue weighted by Crippen LogP contribution is -2.29. The van der Waals surface area contributed by atoms with E-state index in [1.807, 2.05) is 66.7 Å². The van der Waals surface area contributed by atoms with Crippen LogP contribution in [0.3, 0.4) is 0 Å². The Morgan fingerprint density at radius 1 is 0.714 bits per heavy atom. The first-order valence-corrected chi connectivity index (χ1v) is 18.0. The number of benzene rings is 3. The van der Waals surface area contributed by atoms with E-state index in [2.05, 4.69) is 6.92 Å².